The van der Waals surface area contributed by atoms with Crippen molar-refractivity contribution in [3.63, 3.8) is 0 Å². The third-order valence-electron chi connectivity index (χ3n) is 6.87. The van der Waals surface area contributed by atoms with Crippen LogP contribution in [0.1, 0.15) is 38.7 Å². The smallest absolute Gasteiger partial charge is 0.326 e. The van der Waals surface area contributed by atoms with Crippen LogP contribution in [0.5, 0.6) is 0 Å². The van der Waals surface area contributed by atoms with Gasteiger partial charge in [0.2, 0.25) is 11.8 Å². The van der Waals surface area contributed by atoms with E-state index < -0.39 is 11.8 Å². The minimum Gasteiger partial charge on any atom is -0.348 e. The molecule has 1 fully saturated rings. The lowest BCUT2D eigenvalue weighted by molar-refractivity contribution is -0.132. The first-order valence-electron chi connectivity index (χ1n) is 11.5. The van der Waals surface area contributed by atoms with Gasteiger partial charge in [0, 0.05) is 48.8 Å². The molecule has 5 rings (SSSR count). The van der Waals surface area contributed by atoms with Crippen LogP contribution in [0.2, 0.25) is 0 Å². The molecule has 3 heterocycles. The number of amides is 5. The summed E-state index contributed by atoms with van der Waals surface area (Å²) in [7, 11) is 1.51. The quantitative estimate of drug-likeness (QED) is 0.279. The van der Waals surface area contributed by atoms with Crippen molar-refractivity contribution in [1.29, 1.82) is 0 Å². The summed E-state index contributed by atoms with van der Waals surface area (Å²) in [6.07, 6.45) is 1.22. The normalized spacial score (nSPS) is 16.7. The molecule has 2 aromatic carbocycles. The van der Waals surface area contributed by atoms with Crippen LogP contribution in [0.3, 0.4) is 0 Å². The lowest BCUT2D eigenvalue weighted by Gasteiger charge is -2.41. The van der Waals surface area contributed by atoms with Gasteiger partial charge in [-0.15, -0.1) is 0 Å². The van der Waals surface area contributed by atoms with E-state index in [0.717, 1.165) is 33.3 Å². The average Bonchev–Trinajstić information content (AvgIpc) is 3.21. The van der Waals surface area contributed by atoms with Gasteiger partial charge in [-0.1, -0.05) is 24.8 Å². The Hall–Kier alpha value is -4.44. The van der Waals surface area contributed by atoms with Crippen molar-refractivity contribution >= 4 is 34.7 Å². The molecule has 3 aromatic rings. The molecule has 1 atom stereocenters. The number of rotatable bonds is 6. The highest BCUT2D eigenvalue weighted by molar-refractivity contribution is 6.04. The first-order valence-corrected chi connectivity index (χ1v) is 11.5. The Labute approximate surface area is 206 Å². The molecular formula is C26H25N5O5. The van der Waals surface area contributed by atoms with Gasteiger partial charge in [-0.2, -0.15) is 0 Å². The first-order chi connectivity index (χ1) is 17.3. The van der Waals surface area contributed by atoms with Gasteiger partial charge in [0.15, 0.2) is 0 Å². The molecule has 5 amide bonds. The van der Waals surface area contributed by atoms with Crippen molar-refractivity contribution in [3.05, 3.63) is 83.1 Å². The summed E-state index contributed by atoms with van der Waals surface area (Å²) >= 11 is 0. The van der Waals surface area contributed by atoms with E-state index in [-0.39, 0.29) is 17.8 Å². The zero-order valence-corrected chi connectivity index (χ0v) is 19.7. The van der Waals surface area contributed by atoms with E-state index in [1.54, 1.807) is 34.6 Å². The van der Waals surface area contributed by atoms with Crippen LogP contribution < -0.4 is 10.8 Å². The molecule has 2 bridgehead atoms. The number of aromatic nitrogens is 1. The largest absolute Gasteiger partial charge is 0.348 e. The number of hydroxylamine groups is 1. The lowest BCUT2D eigenvalue weighted by atomic mass is 9.88. The summed E-state index contributed by atoms with van der Waals surface area (Å²) in [4.78, 5) is 52.1. The maximum atomic E-state index is 13.1. The number of urea groups is 1. The monoisotopic (exact) mass is 487 g/mol. The summed E-state index contributed by atoms with van der Waals surface area (Å²) in [5.74, 6) is -1.58. The molecule has 3 N–H and O–H groups in total. The molecule has 0 aliphatic carbocycles. The highest BCUT2D eigenvalue weighted by Gasteiger charge is 2.44. The highest BCUT2D eigenvalue weighted by Crippen LogP contribution is 2.41. The molecule has 10 nitrogen and oxygen atoms in total. The standard InChI is InChI=1S/C26H25N5O5/c1-3-22(32)27-11-16-6-9-20-18(10-16)23-19-13-30(26(35)29(2)25(19)34)14-21(23)31(20)12-15-4-7-17(8-5-15)24(33)28-36/h3-10,19,36H,1,11-14H2,2H3,(H,27,32)(H,28,33). The third kappa shape index (κ3) is 3.81. The van der Waals surface area contributed by atoms with E-state index in [4.69, 9.17) is 5.21 Å². The van der Waals surface area contributed by atoms with Crippen LogP contribution in [0.4, 0.5) is 4.79 Å². The number of benzene rings is 2. The van der Waals surface area contributed by atoms with E-state index in [9.17, 15) is 19.2 Å². The number of hydrogen-bond donors (Lipinski definition) is 3. The second-order valence-electron chi connectivity index (χ2n) is 8.97. The Balaban J connectivity index is 1.61. The molecule has 0 radical (unpaired) electrons. The zero-order valence-electron chi connectivity index (χ0n) is 19.7. The van der Waals surface area contributed by atoms with Crippen LogP contribution in [0, 0.1) is 0 Å². The Bertz CT molecular complexity index is 1420. The van der Waals surface area contributed by atoms with E-state index in [1.165, 1.54) is 18.0 Å². The van der Waals surface area contributed by atoms with Gasteiger partial charge in [-0.05, 0) is 47.0 Å². The predicted molar refractivity (Wildman–Crippen MR) is 130 cm³/mol. The van der Waals surface area contributed by atoms with Crippen molar-refractivity contribution in [1.82, 2.24) is 25.2 Å². The molecule has 10 heteroatoms. The van der Waals surface area contributed by atoms with Crippen LogP contribution >= 0.6 is 0 Å². The van der Waals surface area contributed by atoms with Gasteiger partial charge in [-0.3, -0.25) is 24.5 Å². The minimum absolute atomic E-state index is 0.235. The fraction of sp³-hybridized carbons (Fsp3) is 0.231. The van der Waals surface area contributed by atoms with Gasteiger partial charge in [0.25, 0.3) is 5.91 Å². The van der Waals surface area contributed by atoms with Crippen LogP contribution in [-0.2, 0) is 29.2 Å². The molecular weight excluding hydrogens is 462 g/mol. The summed E-state index contributed by atoms with van der Waals surface area (Å²) in [6, 6.07) is 12.4. The van der Waals surface area contributed by atoms with Gasteiger partial charge in [0.05, 0.1) is 12.5 Å². The lowest BCUT2D eigenvalue weighted by Crippen LogP contribution is -2.56. The predicted octanol–water partition coefficient (Wildman–Crippen LogP) is 2.10. The highest BCUT2D eigenvalue weighted by atomic mass is 16.5. The Morgan fingerprint density at radius 3 is 2.56 bits per heavy atom. The summed E-state index contributed by atoms with van der Waals surface area (Å²) in [5.41, 5.74) is 6.44. The van der Waals surface area contributed by atoms with Crippen LogP contribution in [-0.4, -0.2) is 56.9 Å². The van der Waals surface area contributed by atoms with Crippen molar-refractivity contribution < 1.29 is 24.4 Å². The molecule has 2 aliphatic heterocycles. The van der Waals surface area contributed by atoms with Gasteiger partial charge in [0.1, 0.15) is 0 Å². The number of carbonyl (C=O) groups excluding carboxylic acids is 4. The average molecular weight is 488 g/mol. The van der Waals surface area contributed by atoms with Crippen molar-refractivity contribution in [2.45, 2.75) is 25.6 Å². The summed E-state index contributed by atoms with van der Waals surface area (Å²) in [5, 5.41) is 12.6. The summed E-state index contributed by atoms with van der Waals surface area (Å²) < 4.78 is 2.10. The van der Waals surface area contributed by atoms with E-state index in [1.807, 2.05) is 18.2 Å². The Morgan fingerprint density at radius 2 is 1.86 bits per heavy atom. The fourth-order valence-corrected chi connectivity index (χ4v) is 5.04. The third-order valence-corrected chi connectivity index (χ3v) is 6.87. The number of nitrogens with one attached hydrogen (secondary N) is 2. The Morgan fingerprint density at radius 1 is 1.14 bits per heavy atom. The minimum atomic E-state index is -0.594. The van der Waals surface area contributed by atoms with Gasteiger partial charge in [-0.25, -0.2) is 10.3 Å². The zero-order chi connectivity index (χ0) is 25.6. The first kappa shape index (κ1) is 23.3. The van der Waals surface area contributed by atoms with Crippen LogP contribution in [0.25, 0.3) is 10.9 Å². The van der Waals surface area contributed by atoms with Crippen molar-refractivity contribution in [2.75, 3.05) is 13.6 Å². The number of imide groups is 1. The topological polar surface area (TPSA) is 124 Å². The SMILES string of the molecule is C=CC(=O)NCc1ccc2c(c1)c1c(n2Cc2ccc(C(=O)NO)cc2)CN2CC1C(=O)N(C)C2=O. The Kier molecular flexibility index (Phi) is 5.81. The fourth-order valence-electron chi connectivity index (χ4n) is 5.04. The van der Waals surface area contributed by atoms with Gasteiger partial charge >= 0.3 is 6.03 Å². The molecule has 1 saturated heterocycles. The molecule has 0 spiro atoms. The van der Waals surface area contributed by atoms with Crippen molar-refractivity contribution in [3.8, 4) is 0 Å². The number of fused-ring (bicyclic) bond motifs is 6. The van der Waals surface area contributed by atoms with E-state index >= 15 is 0 Å². The second-order valence-corrected chi connectivity index (χ2v) is 8.97. The van der Waals surface area contributed by atoms with Crippen LogP contribution in [0.15, 0.2) is 55.1 Å². The molecule has 1 unspecified atom stereocenters. The van der Waals surface area contributed by atoms with E-state index in [0.29, 0.717) is 31.7 Å². The van der Waals surface area contributed by atoms with E-state index in [2.05, 4.69) is 16.5 Å². The number of likely N-dealkylation sites (N-methyl/N-ethyl adjacent to an activating group) is 1. The van der Waals surface area contributed by atoms with Crippen molar-refractivity contribution in [2.24, 2.45) is 0 Å². The number of hydrogen-bond acceptors (Lipinski definition) is 5. The summed E-state index contributed by atoms with van der Waals surface area (Å²) in [6.45, 7) is 4.95. The second kappa shape index (κ2) is 8.97. The molecule has 1 aromatic heterocycles. The van der Waals surface area contributed by atoms with Gasteiger partial charge < -0.3 is 14.8 Å². The number of nitrogens with zero attached hydrogens (tertiary/aromatic N) is 3. The molecule has 2 aliphatic rings. The molecule has 184 valence electrons. The maximum absolute atomic E-state index is 13.1. The molecule has 0 saturated carbocycles. The molecule has 36 heavy (non-hydrogen) atoms. The number of carbonyl (C=O) groups is 4. The maximum Gasteiger partial charge on any atom is 0.326 e.